The van der Waals surface area contributed by atoms with E-state index >= 15 is 0 Å². The van der Waals surface area contributed by atoms with Crippen LogP contribution < -0.4 is 0 Å². The first-order valence-electron chi connectivity index (χ1n) is 10.3. The molecule has 3 atom stereocenters. The van der Waals surface area contributed by atoms with Crippen LogP contribution in [0.15, 0.2) is 60.8 Å². The van der Waals surface area contributed by atoms with E-state index in [0.29, 0.717) is 13.0 Å². The lowest BCUT2D eigenvalue weighted by molar-refractivity contribution is -0.110. The second-order valence-corrected chi connectivity index (χ2v) is 8.25. The molecule has 1 aliphatic heterocycles. The molecule has 4 heteroatoms. The van der Waals surface area contributed by atoms with E-state index in [1.165, 1.54) is 0 Å². The summed E-state index contributed by atoms with van der Waals surface area (Å²) in [6, 6.07) is 18.1. The van der Waals surface area contributed by atoms with E-state index in [9.17, 15) is 9.90 Å². The fourth-order valence-corrected chi connectivity index (χ4v) is 5.42. The molecule has 0 spiro atoms. The molecule has 5 rings (SSSR count). The molecule has 144 valence electrons. The van der Waals surface area contributed by atoms with Gasteiger partial charge >= 0.3 is 0 Å². The van der Waals surface area contributed by atoms with Crippen LogP contribution in [0.25, 0.3) is 10.9 Å². The molecule has 0 bridgehead atoms. The number of aromatic nitrogens is 1. The molecule has 2 aliphatic rings. The van der Waals surface area contributed by atoms with Crippen LogP contribution in [0.1, 0.15) is 48.0 Å². The van der Waals surface area contributed by atoms with Gasteiger partial charge in [-0.2, -0.15) is 0 Å². The Kier molecular flexibility index (Phi) is 4.24. The lowest BCUT2D eigenvalue weighted by Crippen LogP contribution is -2.58. The molecular formula is C24H26N2O2. The van der Waals surface area contributed by atoms with Crippen molar-refractivity contribution in [3.63, 3.8) is 0 Å². The first kappa shape index (κ1) is 17.5. The number of carbonyl (C=O) groups is 1. The summed E-state index contributed by atoms with van der Waals surface area (Å²) < 4.78 is 0. The lowest BCUT2D eigenvalue weighted by Gasteiger charge is -2.52. The van der Waals surface area contributed by atoms with Crippen molar-refractivity contribution >= 4 is 16.8 Å². The molecular weight excluding hydrogens is 348 g/mol. The predicted molar refractivity (Wildman–Crippen MR) is 110 cm³/mol. The number of para-hydroxylation sites is 1. The normalized spacial score (nSPS) is 27.5. The average molecular weight is 374 g/mol. The number of nitrogens with one attached hydrogen (secondary N) is 1. The van der Waals surface area contributed by atoms with Gasteiger partial charge in [0.15, 0.2) is 0 Å². The largest absolute Gasteiger partial charge is 0.385 e. The number of nitrogens with zero attached hydrogens (tertiary/aromatic N) is 1. The SMILES string of the molecule is O=C(c1c[nH]c2ccccc12)N1CCC(O)(c2ccccc2)[C@H]2CCCC[C@@H]21. The molecule has 1 amide bonds. The minimum atomic E-state index is -0.844. The summed E-state index contributed by atoms with van der Waals surface area (Å²) in [5, 5.41) is 12.7. The summed E-state index contributed by atoms with van der Waals surface area (Å²) >= 11 is 0. The maximum atomic E-state index is 13.5. The molecule has 0 radical (unpaired) electrons. The van der Waals surface area contributed by atoms with Gasteiger partial charge in [-0.15, -0.1) is 0 Å². The Morgan fingerprint density at radius 1 is 1.04 bits per heavy atom. The van der Waals surface area contributed by atoms with Gasteiger partial charge in [0.1, 0.15) is 0 Å². The first-order valence-corrected chi connectivity index (χ1v) is 10.3. The van der Waals surface area contributed by atoms with Crippen molar-refractivity contribution in [1.29, 1.82) is 0 Å². The van der Waals surface area contributed by atoms with Crippen molar-refractivity contribution in [2.75, 3.05) is 6.54 Å². The van der Waals surface area contributed by atoms with E-state index in [-0.39, 0.29) is 17.9 Å². The van der Waals surface area contributed by atoms with Crippen LogP contribution in [0.4, 0.5) is 0 Å². The van der Waals surface area contributed by atoms with Crippen LogP contribution in [0.2, 0.25) is 0 Å². The van der Waals surface area contributed by atoms with Crippen molar-refractivity contribution in [3.8, 4) is 0 Å². The molecule has 1 unspecified atom stereocenters. The summed E-state index contributed by atoms with van der Waals surface area (Å²) in [6.07, 6.45) is 6.59. The highest BCUT2D eigenvalue weighted by atomic mass is 16.3. The number of fused-ring (bicyclic) bond motifs is 2. The van der Waals surface area contributed by atoms with Gasteiger partial charge in [0.05, 0.1) is 11.2 Å². The lowest BCUT2D eigenvalue weighted by atomic mass is 9.66. The molecule has 1 saturated heterocycles. The zero-order valence-corrected chi connectivity index (χ0v) is 16.0. The maximum Gasteiger partial charge on any atom is 0.256 e. The highest BCUT2D eigenvalue weighted by Crippen LogP contribution is 2.47. The second-order valence-electron chi connectivity index (χ2n) is 8.25. The Labute approximate surface area is 165 Å². The van der Waals surface area contributed by atoms with Gasteiger partial charge in [-0.05, 0) is 30.9 Å². The number of aliphatic hydroxyl groups is 1. The number of likely N-dealkylation sites (tertiary alicyclic amines) is 1. The second kappa shape index (κ2) is 6.78. The van der Waals surface area contributed by atoms with E-state index in [0.717, 1.165) is 47.7 Å². The number of rotatable bonds is 2. The number of carbonyl (C=O) groups excluding carboxylic acids is 1. The number of H-pyrrole nitrogens is 1. The van der Waals surface area contributed by atoms with Gasteiger partial charge in [-0.1, -0.05) is 61.4 Å². The predicted octanol–water partition coefficient (Wildman–Crippen LogP) is 4.46. The van der Waals surface area contributed by atoms with Crippen LogP contribution in [0.3, 0.4) is 0 Å². The highest BCUT2D eigenvalue weighted by Gasteiger charge is 2.50. The molecule has 2 aromatic carbocycles. The van der Waals surface area contributed by atoms with Crippen molar-refractivity contribution < 1.29 is 9.90 Å². The smallest absolute Gasteiger partial charge is 0.256 e. The topological polar surface area (TPSA) is 56.3 Å². The van der Waals surface area contributed by atoms with Crippen LogP contribution in [0.5, 0.6) is 0 Å². The van der Waals surface area contributed by atoms with Gasteiger partial charge in [0.25, 0.3) is 5.91 Å². The highest BCUT2D eigenvalue weighted by molar-refractivity contribution is 6.06. The molecule has 2 N–H and O–H groups in total. The molecule has 2 fully saturated rings. The fourth-order valence-electron chi connectivity index (χ4n) is 5.42. The van der Waals surface area contributed by atoms with Crippen LogP contribution in [0, 0.1) is 5.92 Å². The monoisotopic (exact) mass is 374 g/mol. The minimum Gasteiger partial charge on any atom is -0.385 e. The number of hydrogen-bond donors (Lipinski definition) is 2. The number of amides is 1. The molecule has 1 aromatic heterocycles. The molecule has 2 heterocycles. The van der Waals surface area contributed by atoms with Crippen molar-refractivity contribution in [1.82, 2.24) is 9.88 Å². The van der Waals surface area contributed by atoms with Crippen LogP contribution >= 0.6 is 0 Å². The fraction of sp³-hybridized carbons (Fsp3) is 0.375. The zero-order chi connectivity index (χ0) is 19.1. The number of hydrogen-bond acceptors (Lipinski definition) is 2. The standard InChI is InChI=1S/C24H26N2O2/c27-23(19-16-25-21-12-6-4-10-18(19)21)26-15-14-24(28,17-8-2-1-3-9-17)20-11-5-7-13-22(20)26/h1-4,6,8-10,12,16,20,22,25,28H,5,7,11,13-15H2/t20-,22-,24?/m0/s1. The summed E-state index contributed by atoms with van der Waals surface area (Å²) in [5.41, 5.74) is 1.88. The van der Waals surface area contributed by atoms with Gasteiger partial charge in [-0.3, -0.25) is 4.79 Å². The van der Waals surface area contributed by atoms with Crippen molar-refractivity contribution in [3.05, 3.63) is 71.9 Å². The molecule has 4 nitrogen and oxygen atoms in total. The van der Waals surface area contributed by atoms with Gasteiger partial charge in [-0.25, -0.2) is 0 Å². The zero-order valence-electron chi connectivity index (χ0n) is 16.0. The Hall–Kier alpha value is -2.59. The Morgan fingerprint density at radius 2 is 1.79 bits per heavy atom. The average Bonchev–Trinajstić information content (AvgIpc) is 3.19. The quantitative estimate of drug-likeness (QED) is 0.696. The summed E-state index contributed by atoms with van der Waals surface area (Å²) in [6.45, 7) is 0.588. The van der Waals surface area contributed by atoms with Crippen molar-refractivity contribution in [2.45, 2.75) is 43.7 Å². The van der Waals surface area contributed by atoms with Crippen LogP contribution in [-0.4, -0.2) is 33.5 Å². The molecule has 3 aromatic rings. The first-order chi connectivity index (χ1) is 13.7. The van der Waals surface area contributed by atoms with Crippen molar-refractivity contribution in [2.24, 2.45) is 5.92 Å². The summed E-state index contributed by atoms with van der Waals surface area (Å²) in [4.78, 5) is 18.8. The maximum absolute atomic E-state index is 13.5. The van der Waals surface area contributed by atoms with Crippen LogP contribution in [-0.2, 0) is 5.60 Å². The Morgan fingerprint density at radius 3 is 2.64 bits per heavy atom. The van der Waals surface area contributed by atoms with E-state index < -0.39 is 5.60 Å². The number of piperidine rings is 1. The number of benzene rings is 2. The van der Waals surface area contributed by atoms with Gasteiger partial charge in [0, 0.05) is 35.6 Å². The van der Waals surface area contributed by atoms with E-state index in [4.69, 9.17) is 0 Å². The van der Waals surface area contributed by atoms with E-state index in [1.807, 2.05) is 65.7 Å². The van der Waals surface area contributed by atoms with E-state index in [1.54, 1.807) is 0 Å². The van der Waals surface area contributed by atoms with Gasteiger partial charge < -0.3 is 15.0 Å². The number of aromatic amines is 1. The van der Waals surface area contributed by atoms with E-state index in [2.05, 4.69) is 4.98 Å². The third-order valence-corrected chi connectivity index (χ3v) is 6.83. The third-order valence-electron chi connectivity index (χ3n) is 6.83. The molecule has 28 heavy (non-hydrogen) atoms. The molecule has 1 aliphatic carbocycles. The minimum absolute atomic E-state index is 0.0875. The molecule has 1 saturated carbocycles. The third kappa shape index (κ3) is 2.67. The summed E-state index contributed by atoms with van der Waals surface area (Å²) in [7, 11) is 0. The summed E-state index contributed by atoms with van der Waals surface area (Å²) in [5.74, 6) is 0.177. The Bertz CT molecular complexity index is 996. The van der Waals surface area contributed by atoms with Gasteiger partial charge in [0.2, 0.25) is 0 Å². The Balaban J connectivity index is 1.50.